The number of Topliss-reactive ketones (excluding diaryl/α,β-unsaturated/α-hetero) is 1. The third kappa shape index (κ3) is 0.349. The SMILES string of the molecule is O=C1[C@@H]2[C@@H]3C[C@@H]4C5[C@H]3[C@H]1[C@@H]5[C@H](O)[C@@H]24. The number of fused-ring (bicyclic) bond motifs is 2. The van der Waals surface area contributed by atoms with Crippen molar-refractivity contribution < 1.29 is 9.90 Å². The van der Waals surface area contributed by atoms with Crippen LogP contribution >= 0.6 is 0 Å². The minimum atomic E-state index is -0.0913. The molecule has 1 N–H and O–H groups in total. The highest BCUT2D eigenvalue weighted by atomic mass is 16.3. The van der Waals surface area contributed by atoms with Gasteiger partial charge >= 0.3 is 0 Å². The molecule has 0 saturated heterocycles. The smallest absolute Gasteiger partial charge is 0.140 e. The number of carbonyl (C=O) groups is 1. The van der Waals surface area contributed by atoms with Crippen LogP contribution in [0, 0.1) is 47.3 Å². The van der Waals surface area contributed by atoms with Crippen molar-refractivity contribution in [3.63, 3.8) is 0 Å². The average Bonchev–Trinajstić information content (AvgIpc) is 2.52. The Morgan fingerprint density at radius 1 is 1.00 bits per heavy atom. The van der Waals surface area contributed by atoms with Crippen LogP contribution in [0.3, 0.4) is 0 Å². The molecule has 0 aromatic heterocycles. The summed E-state index contributed by atoms with van der Waals surface area (Å²) in [7, 11) is 0. The van der Waals surface area contributed by atoms with E-state index in [-0.39, 0.29) is 6.10 Å². The Labute approximate surface area is 76.3 Å². The highest BCUT2D eigenvalue weighted by Gasteiger charge is 2.83. The van der Waals surface area contributed by atoms with E-state index in [2.05, 4.69) is 0 Å². The van der Waals surface area contributed by atoms with Gasteiger partial charge in [-0.15, -0.1) is 0 Å². The van der Waals surface area contributed by atoms with Crippen LogP contribution in [0.25, 0.3) is 0 Å². The second kappa shape index (κ2) is 1.40. The summed E-state index contributed by atoms with van der Waals surface area (Å²) in [5, 5.41) is 10.1. The lowest BCUT2D eigenvalue weighted by Gasteiger charge is -2.45. The van der Waals surface area contributed by atoms with E-state index in [1.54, 1.807) is 0 Å². The quantitative estimate of drug-likeness (QED) is 0.576. The van der Waals surface area contributed by atoms with E-state index in [4.69, 9.17) is 0 Å². The highest BCUT2D eigenvalue weighted by molar-refractivity contribution is 5.91. The highest BCUT2D eigenvalue weighted by Crippen LogP contribution is 2.81. The van der Waals surface area contributed by atoms with Gasteiger partial charge < -0.3 is 5.11 Å². The summed E-state index contributed by atoms with van der Waals surface area (Å²) >= 11 is 0. The van der Waals surface area contributed by atoms with Crippen LogP contribution in [0.4, 0.5) is 0 Å². The van der Waals surface area contributed by atoms with Crippen LogP contribution < -0.4 is 0 Å². The molecule has 0 heterocycles. The molecule has 5 saturated carbocycles. The van der Waals surface area contributed by atoms with Gasteiger partial charge in [0.15, 0.2) is 0 Å². The minimum Gasteiger partial charge on any atom is -0.392 e. The first kappa shape index (κ1) is 6.18. The zero-order chi connectivity index (χ0) is 8.48. The van der Waals surface area contributed by atoms with Gasteiger partial charge in [0.25, 0.3) is 0 Å². The van der Waals surface area contributed by atoms with E-state index in [1.807, 2.05) is 0 Å². The second-order valence-electron chi connectivity index (χ2n) is 5.82. The van der Waals surface area contributed by atoms with Crippen molar-refractivity contribution in [3.05, 3.63) is 0 Å². The van der Waals surface area contributed by atoms with Crippen LogP contribution in [0.5, 0.6) is 0 Å². The summed E-state index contributed by atoms with van der Waals surface area (Å²) in [6.45, 7) is 0. The fourth-order valence-corrected chi connectivity index (χ4v) is 6.11. The largest absolute Gasteiger partial charge is 0.392 e. The van der Waals surface area contributed by atoms with Crippen molar-refractivity contribution in [1.29, 1.82) is 0 Å². The molecule has 2 heteroatoms. The molecule has 5 aliphatic carbocycles. The molecule has 0 spiro atoms. The number of rotatable bonds is 0. The Morgan fingerprint density at radius 2 is 1.85 bits per heavy atom. The molecule has 5 aliphatic rings. The van der Waals surface area contributed by atoms with Crippen LogP contribution in [0.1, 0.15) is 6.42 Å². The molecule has 13 heavy (non-hydrogen) atoms. The lowest BCUT2D eigenvalue weighted by Crippen LogP contribution is -2.49. The first-order chi connectivity index (χ1) is 6.30. The summed E-state index contributed by atoms with van der Waals surface area (Å²) in [5.74, 6) is 4.97. The van der Waals surface area contributed by atoms with E-state index in [0.29, 0.717) is 35.4 Å². The zero-order valence-corrected chi connectivity index (χ0v) is 7.26. The normalized spacial score (nSPS) is 79.8. The zero-order valence-electron chi connectivity index (χ0n) is 7.26. The maximum Gasteiger partial charge on any atom is 0.140 e. The van der Waals surface area contributed by atoms with Gasteiger partial charge in [-0.25, -0.2) is 0 Å². The molecule has 0 aliphatic heterocycles. The van der Waals surface area contributed by atoms with E-state index >= 15 is 0 Å². The molecule has 0 aromatic rings. The molecule has 1 unspecified atom stereocenters. The summed E-state index contributed by atoms with van der Waals surface area (Å²) in [5.41, 5.74) is 0. The van der Waals surface area contributed by atoms with Gasteiger partial charge in [-0.05, 0) is 41.9 Å². The standard InChI is InChI=1S/C11H12O2/c12-10-6-2-1-3-5-4(2)8(10)9(5)11(13)7(3)6/h2-10,12H,1H2/t2-,3-,4?,5+,6-,7-,8-,9+,10-/m1/s1. The predicted octanol–water partition coefficient (Wildman–Crippen LogP) is 0.304. The van der Waals surface area contributed by atoms with Gasteiger partial charge in [0.1, 0.15) is 5.78 Å². The average molecular weight is 176 g/mol. The van der Waals surface area contributed by atoms with Crippen molar-refractivity contribution in [2.45, 2.75) is 12.5 Å². The summed E-state index contributed by atoms with van der Waals surface area (Å²) in [6.07, 6.45) is 1.19. The summed E-state index contributed by atoms with van der Waals surface area (Å²) in [4.78, 5) is 11.9. The fourth-order valence-electron chi connectivity index (χ4n) is 6.11. The number of carbonyl (C=O) groups excluding carboxylic acids is 1. The third-order valence-corrected chi connectivity index (χ3v) is 6.07. The maximum atomic E-state index is 11.9. The number of ketones is 1. The van der Waals surface area contributed by atoms with Gasteiger partial charge in [-0.2, -0.15) is 0 Å². The molecule has 0 amide bonds. The molecule has 68 valence electrons. The number of hydrogen-bond donors (Lipinski definition) is 1. The Kier molecular flexibility index (Phi) is 0.666. The first-order valence-electron chi connectivity index (χ1n) is 5.52. The van der Waals surface area contributed by atoms with E-state index < -0.39 is 0 Å². The Hall–Kier alpha value is -0.370. The predicted molar refractivity (Wildman–Crippen MR) is 43.6 cm³/mol. The molecular formula is C11H12O2. The van der Waals surface area contributed by atoms with Crippen molar-refractivity contribution in [2.75, 3.05) is 0 Å². The second-order valence-corrected chi connectivity index (χ2v) is 5.82. The molecule has 2 nitrogen and oxygen atoms in total. The maximum absolute atomic E-state index is 11.9. The van der Waals surface area contributed by atoms with Crippen LogP contribution in [-0.4, -0.2) is 17.0 Å². The molecule has 5 fully saturated rings. The summed E-state index contributed by atoms with van der Waals surface area (Å²) < 4.78 is 0. The van der Waals surface area contributed by atoms with Crippen LogP contribution in [0.2, 0.25) is 0 Å². The van der Waals surface area contributed by atoms with Crippen LogP contribution in [0.15, 0.2) is 0 Å². The molecular weight excluding hydrogens is 164 g/mol. The molecule has 0 radical (unpaired) electrons. The third-order valence-electron chi connectivity index (χ3n) is 6.07. The van der Waals surface area contributed by atoms with E-state index in [1.165, 1.54) is 6.42 Å². The molecule has 2 bridgehead atoms. The van der Waals surface area contributed by atoms with Gasteiger partial charge in [0.05, 0.1) is 6.10 Å². The van der Waals surface area contributed by atoms with Crippen molar-refractivity contribution in [1.82, 2.24) is 0 Å². The van der Waals surface area contributed by atoms with Gasteiger partial charge in [0.2, 0.25) is 0 Å². The number of hydrogen-bond acceptors (Lipinski definition) is 2. The monoisotopic (exact) mass is 176 g/mol. The first-order valence-corrected chi connectivity index (χ1v) is 5.52. The molecule has 0 aromatic carbocycles. The van der Waals surface area contributed by atoms with Gasteiger partial charge in [-0.1, -0.05) is 0 Å². The Morgan fingerprint density at radius 3 is 2.69 bits per heavy atom. The molecule has 5 rings (SSSR count). The topological polar surface area (TPSA) is 37.3 Å². The number of aliphatic hydroxyl groups is 1. The minimum absolute atomic E-state index is 0.0913. The fraction of sp³-hybridized carbons (Fsp3) is 0.909. The molecule has 9 atom stereocenters. The number of aliphatic hydroxyl groups excluding tert-OH is 1. The lowest BCUT2D eigenvalue weighted by atomic mass is 9.59. The Bertz CT molecular complexity index is 350. The van der Waals surface area contributed by atoms with E-state index in [9.17, 15) is 9.90 Å². The summed E-state index contributed by atoms with van der Waals surface area (Å²) in [6, 6.07) is 0. The van der Waals surface area contributed by atoms with Crippen molar-refractivity contribution >= 4 is 5.78 Å². The van der Waals surface area contributed by atoms with Gasteiger partial charge in [-0.3, -0.25) is 4.79 Å². The van der Waals surface area contributed by atoms with Crippen molar-refractivity contribution in [2.24, 2.45) is 47.3 Å². The van der Waals surface area contributed by atoms with Gasteiger partial charge in [0, 0.05) is 11.8 Å². The van der Waals surface area contributed by atoms with E-state index in [0.717, 1.165) is 17.8 Å². The van der Waals surface area contributed by atoms with Crippen molar-refractivity contribution in [3.8, 4) is 0 Å². The Balaban J connectivity index is 1.87. The van der Waals surface area contributed by atoms with Crippen LogP contribution in [-0.2, 0) is 4.79 Å². The lowest BCUT2D eigenvalue weighted by molar-refractivity contribution is -0.141.